The molecule has 3 nitrogen and oxygen atoms in total. The Morgan fingerprint density at radius 3 is 2.68 bits per heavy atom. The number of rotatable bonds is 5. The molecule has 100 valence electrons. The summed E-state index contributed by atoms with van der Waals surface area (Å²) >= 11 is 0. The van der Waals surface area contributed by atoms with Gasteiger partial charge in [-0.1, -0.05) is 38.1 Å². The maximum atomic E-state index is 11.4. The van der Waals surface area contributed by atoms with Gasteiger partial charge in [-0.3, -0.25) is 9.78 Å². The van der Waals surface area contributed by atoms with Gasteiger partial charge in [0.05, 0.1) is 11.4 Å². The predicted octanol–water partition coefficient (Wildman–Crippen LogP) is 3.52. The molecule has 0 amide bonds. The first-order valence-corrected chi connectivity index (χ1v) is 6.63. The van der Waals surface area contributed by atoms with Crippen molar-refractivity contribution < 1.29 is 9.90 Å². The van der Waals surface area contributed by atoms with E-state index in [1.807, 2.05) is 30.3 Å². The molecule has 0 radical (unpaired) electrons. The van der Waals surface area contributed by atoms with Gasteiger partial charge in [0.2, 0.25) is 0 Å². The molecule has 1 heterocycles. The van der Waals surface area contributed by atoms with Crippen LogP contribution in [0.25, 0.3) is 10.9 Å². The van der Waals surface area contributed by atoms with Gasteiger partial charge in [-0.2, -0.15) is 0 Å². The Labute approximate surface area is 113 Å². The Morgan fingerprint density at radius 1 is 1.26 bits per heavy atom. The molecule has 1 atom stereocenters. The van der Waals surface area contributed by atoms with Gasteiger partial charge in [-0.25, -0.2) is 0 Å². The minimum atomic E-state index is -0.721. The number of aromatic nitrogens is 1. The zero-order valence-electron chi connectivity index (χ0n) is 11.3. The van der Waals surface area contributed by atoms with Crippen LogP contribution in [0.3, 0.4) is 0 Å². The van der Waals surface area contributed by atoms with E-state index < -0.39 is 5.97 Å². The summed E-state index contributed by atoms with van der Waals surface area (Å²) in [7, 11) is 0. The van der Waals surface area contributed by atoms with Crippen molar-refractivity contribution in [3.05, 3.63) is 42.1 Å². The number of nitrogens with zero attached hydrogens (tertiary/aromatic N) is 1. The zero-order chi connectivity index (χ0) is 13.8. The summed E-state index contributed by atoms with van der Waals surface area (Å²) in [6, 6.07) is 9.85. The molecule has 1 unspecified atom stereocenters. The van der Waals surface area contributed by atoms with Gasteiger partial charge < -0.3 is 5.11 Å². The molecule has 0 saturated carbocycles. The molecule has 1 aromatic carbocycles. The van der Waals surface area contributed by atoms with E-state index in [1.165, 1.54) is 0 Å². The third-order valence-corrected chi connectivity index (χ3v) is 3.29. The van der Waals surface area contributed by atoms with E-state index in [9.17, 15) is 9.90 Å². The van der Waals surface area contributed by atoms with Crippen LogP contribution < -0.4 is 0 Å². The number of carboxylic acid groups (broad SMARTS) is 1. The average molecular weight is 257 g/mol. The second-order valence-corrected chi connectivity index (χ2v) is 5.36. The highest BCUT2D eigenvalue weighted by Crippen LogP contribution is 2.22. The number of carbonyl (C=O) groups is 1. The number of aliphatic carboxylic acids is 1. The molecule has 0 fully saturated rings. The molecular formula is C16H19NO2. The van der Waals surface area contributed by atoms with E-state index in [1.54, 1.807) is 6.20 Å². The van der Waals surface area contributed by atoms with E-state index in [2.05, 4.69) is 18.8 Å². The second kappa shape index (κ2) is 5.83. The molecule has 3 heteroatoms. The first kappa shape index (κ1) is 13.5. The Balaban J connectivity index is 2.31. The lowest BCUT2D eigenvalue weighted by molar-refractivity contribution is -0.142. The van der Waals surface area contributed by atoms with Gasteiger partial charge >= 0.3 is 5.97 Å². The highest BCUT2D eigenvalue weighted by Gasteiger charge is 2.20. The van der Waals surface area contributed by atoms with Crippen LogP contribution in [-0.2, 0) is 11.2 Å². The first-order chi connectivity index (χ1) is 9.08. The highest BCUT2D eigenvalue weighted by atomic mass is 16.4. The van der Waals surface area contributed by atoms with Crippen molar-refractivity contribution in [1.82, 2.24) is 4.98 Å². The van der Waals surface area contributed by atoms with Crippen LogP contribution in [0.4, 0.5) is 0 Å². The largest absolute Gasteiger partial charge is 0.481 e. The molecule has 2 rings (SSSR count). The van der Waals surface area contributed by atoms with Crippen LogP contribution in [0.2, 0.25) is 0 Å². The number of para-hydroxylation sites is 1. The van der Waals surface area contributed by atoms with Crippen molar-refractivity contribution in [3.8, 4) is 0 Å². The van der Waals surface area contributed by atoms with Crippen molar-refractivity contribution >= 4 is 16.9 Å². The Hall–Kier alpha value is -1.90. The molecular weight excluding hydrogens is 238 g/mol. The minimum Gasteiger partial charge on any atom is -0.481 e. The maximum Gasteiger partial charge on any atom is 0.306 e. The van der Waals surface area contributed by atoms with Crippen LogP contribution in [0.15, 0.2) is 36.5 Å². The summed E-state index contributed by atoms with van der Waals surface area (Å²) in [5.41, 5.74) is 1.94. The zero-order valence-corrected chi connectivity index (χ0v) is 11.3. The number of hydrogen-bond acceptors (Lipinski definition) is 2. The topological polar surface area (TPSA) is 50.2 Å². The van der Waals surface area contributed by atoms with Gasteiger partial charge in [0, 0.05) is 11.6 Å². The number of fused-ring (bicyclic) bond motifs is 1. The smallest absolute Gasteiger partial charge is 0.306 e. The van der Waals surface area contributed by atoms with Crippen molar-refractivity contribution in [2.75, 3.05) is 0 Å². The van der Waals surface area contributed by atoms with Gasteiger partial charge in [-0.05, 0) is 30.4 Å². The van der Waals surface area contributed by atoms with Crippen LogP contribution >= 0.6 is 0 Å². The lowest BCUT2D eigenvalue weighted by Gasteiger charge is -2.15. The molecule has 19 heavy (non-hydrogen) atoms. The summed E-state index contributed by atoms with van der Waals surface area (Å²) in [4.78, 5) is 15.7. The minimum absolute atomic E-state index is 0.340. The maximum absolute atomic E-state index is 11.4. The van der Waals surface area contributed by atoms with Crippen LogP contribution in [0, 0.1) is 11.8 Å². The van der Waals surface area contributed by atoms with Crippen molar-refractivity contribution in [1.29, 1.82) is 0 Å². The van der Waals surface area contributed by atoms with Gasteiger partial charge in [-0.15, -0.1) is 0 Å². The number of pyridine rings is 1. The normalized spacial score (nSPS) is 12.8. The van der Waals surface area contributed by atoms with E-state index in [-0.39, 0.29) is 5.92 Å². The fraction of sp³-hybridized carbons (Fsp3) is 0.375. The highest BCUT2D eigenvalue weighted by molar-refractivity contribution is 5.82. The second-order valence-electron chi connectivity index (χ2n) is 5.36. The molecule has 1 N–H and O–H groups in total. The third kappa shape index (κ3) is 3.31. The first-order valence-electron chi connectivity index (χ1n) is 6.63. The van der Waals surface area contributed by atoms with Gasteiger partial charge in [0.25, 0.3) is 0 Å². The lowest BCUT2D eigenvalue weighted by Crippen LogP contribution is -2.18. The summed E-state index contributed by atoms with van der Waals surface area (Å²) < 4.78 is 0. The summed E-state index contributed by atoms with van der Waals surface area (Å²) in [5, 5.41) is 10.4. The van der Waals surface area contributed by atoms with Crippen molar-refractivity contribution in [2.45, 2.75) is 26.7 Å². The molecule has 0 saturated heterocycles. The van der Waals surface area contributed by atoms with E-state index in [0.717, 1.165) is 16.5 Å². The standard InChI is InChI=1S/C16H19NO2/c1-11(2)9-14(16(18)19)10-13-6-3-5-12-7-4-8-17-15(12)13/h3-8,11,14H,9-10H2,1-2H3,(H,18,19). The van der Waals surface area contributed by atoms with Crippen LogP contribution in [0.1, 0.15) is 25.8 Å². The van der Waals surface area contributed by atoms with Gasteiger partial charge in [0.15, 0.2) is 0 Å². The molecule has 1 aromatic heterocycles. The summed E-state index contributed by atoms with van der Waals surface area (Å²) in [5.74, 6) is -0.682. The fourth-order valence-corrected chi connectivity index (χ4v) is 2.44. The quantitative estimate of drug-likeness (QED) is 0.891. The summed E-state index contributed by atoms with van der Waals surface area (Å²) in [6.45, 7) is 4.11. The molecule has 0 bridgehead atoms. The Bertz CT molecular complexity index is 572. The lowest BCUT2D eigenvalue weighted by atomic mass is 9.90. The third-order valence-electron chi connectivity index (χ3n) is 3.29. The number of benzene rings is 1. The van der Waals surface area contributed by atoms with Crippen LogP contribution in [0.5, 0.6) is 0 Å². The molecule has 0 spiro atoms. The Morgan fingerprint density at radius 2 is 2.00 bits per heavy atom. The molecule has 2 aromatic rings. The van der Waals surface area contributed by atoms with E-state index >= 15 is 0 Å². The van der Waals surface area contributed by atoms with E-state index in [4.69, 9.17) is 0 Å². The Kier molecular flexibility index (Phi) is 4.15. The van der Waals surface area contributed by atoms with Gasteiger partial charge in [0.1, 0.15) is 0 Å². The average Bonchev–Trinajstić information content (AvgIpc) is 2.37. The monoisotopic (exact) mass is 257 g/mol. The van der Waals surface area contributed by atoms with E-state index in [0.29, 0.717) is 18.8 Å². The number of hydrogen-bond donors (Lipinski definition) is 1. The van der Waals surface area contributed by atoms with Crippen LogP contribution in [-0.4, -0.2) is 16.1 Å². The van der Waals surface area contributed by atoms with Crippen molar-refractivity contribution in [2.24, 2.45) is 11.8 Å². The predicted molar refractivity (Wildman–Crippen MR) is 76.0 cm³/mol. The molecule has 0 aliphatic heterocycles. The number of carboxylic acids is 1. The molecule has 0 aliphatic rings. The molecule has 0 aliphatic carbocycles. The SMILES string of the molecule is CC(C)CC(Cc1cccc2cccnc12)C(=O)O. The fourth-order valence-electron chi connectivity index (χ4n) is 2.44. The van der Waals surface area contributed by atoms with Crippen molar-refractivity contribution in [3.63, 3.8) is 0 Å². The summed E-state index contributed by atoms with van der Waals surface area (Å²) in [6.07, 6.45) is 2.99.